The second-order valence-corrected chi connectivity index (χ2v) is 20.0. The molecule has 2 fully saturated rings. The van der Waals surface area contributed by atoms with Crippen molar-refractivity contribution < 1.29 is 73.7 Å². The van der Waals surface area contributed by atoms with E-state index in [4.69, 9.17) is 20.6 Å². The van der Waals surface area contributed by atoms with E-state index in [2.05, 4.69) is 68.1 Å². The molecule has 78 heavy (non-hydrogen) atoms. The van der Waals surface area contributed by atoms with Crippen LogP contribution in [0.15, 0.2) is 91.7 Å². The molecule has 4 aromatic rings. The van der Waals surface area contributed by atoms with Gasteiger partial charge in [-0.2, -0.15) is 0 Å². The topological polar surface area (TPSA) is 443 Å². The molecule has 2 saturated heterocycles. The van der Waals surface area contributed by atoms with Gasteiger partial charge < -0.3 is 98.5 Å². The van der Waals surface area contributed by atoms with Crippen LogP contribution in [0.2, 0.25) is 0 Å². The molecule has 28 nitrogen and oxygen atoms in total. The van der Waals surface area contributed by atoms with E-state index in [0.717, 1.165) is 9.37 Å². The number of aliphatic imine (C=N–C) groups is 2. The molecule has 1 aromatic heterocycles. The molecule has 0 saturated carbocycles. The maximum absolute atomic E-state index is 15.0. The summed E-state index contributed by atoms with van der Waals surface area (Å²) in [7, 11) is 0. The highest BCUT2D eigenvalue weighted by molar-refractivity contribution is 9.10. The number of carbonyl (C=O) groups excluding carboxylic acids is 6. The molecular weight excluding hydrogens is 1090 g/mol. The van der Waals surface area contributed by atoms with Gasteiger partial charge in [0.15, 0.2) is 23.7 Å². The van der Waals surface area contributed by atoms with Crippen molar-refractivity contribution in [3.8, 4) is 11.5 Å². The fourth-order valence-corrected chi connectivity index (χ4v) is 9.78. The summed E-state index contributed by atoms with van der Waals surface area (Å²) in [5, 5.41) is 94.3. The molecule has 418 valence electrons. The predicted octanol–water partition coefficient (Wildman–Crippen LogP) is -6.04. The Morgan fingerprint density at radius 1 is 0.718 bits per heavy atom. The Morgan fingerprint density at radius 2 is 1.38 bits per heavy atom. The van der Waals surface area contributed by atoms with Crippen molar-refractivity contribution in [1.82, 2.24) is 47.1 Å². The Hall–Kier alpha value is -7.35. The van der Waals surface area contributed by atoms with Crippen LogP contribution in [-0.2, 0) is 39.9 Å². The summed E-state index contributed by atoms with van der Waals surface area (Å²) >= 11 is 3.41. The van der Waals surface area contributed by atoms with Crippen LogP contribution in [0, 0.1) is 0 Å². The van der Waals surface area contributed by atoms with Crippen LogP contribution in [0.1, 0.15) is 24.0 Å². The molecule has 3 aromatic carbocycles. The van der Waals surface area contributed by atoms with E-state index in [9.17, 15) is 59.7 Å². The molecule has 0 spiro atoms. The monoisotopic (exact) mass is 1150 g/mol. The number of aliphatic hydroxyl groups excluding tert-OH is 7. The number of aliphatic hydroxyl groups is 7. The summed E-state index contributed by atoms with van der Waals surface area (Å²) in [6.45, 7) is -1.90. The van der Waals surface area contributed by atoms with Crippen molar-refractivity contribution in [3.63, 3.8) is 0 Å². The second kappa shape index (κ2) is 24.5. The van der Waals surface area contributed by atoms with Gasteiger partial charge in [0, 0.05) is 22.4 Å². The summed E-state index contributed by atoms with van der Waals surface area (Å²) < 4.78 is 12.6. The van der Waals surface area contributed by atoms with Gasteiger partial charge in [-0.1, -0.05) is 59.3 Å². The largest absolute Gasteiger partial charge is 0.436 e. The highest BCUT2D eigenvalue weighted by atomic mass is 79.9. The Labute approximate surface area is 452 Å². The lowest BCUT2D eigenvalue weighted by Crippen LogP contribution is -2.70. The van der Waals surface area contributed by atoms with E-state index in [0.29, 0.717) is 27.8 Å². The van der Waals surface area contributed by atoms with Crippen molar-refractivity contribution >= 4 is 74.4 Å². The molecule has 5 heterocycles. The first-order valence-corrected chi connectivity index (χ1v) is 25.5. The minimum absolute atomic E-state index is 0.143. The minimum Gasteiger partial charge on any atom is -0.436 e. The molecule has 8 rings (SSSR count). The van der Waals surface area contributed by atoms with Gasteiger partial charge in [0.05, 0.1) is 44.9 Å². The minimum atomic E-state index is -2.27. The Balaban J connectivity index is 1.18. The van der Waals surface area contributed by atoms with Crippen molar-refractivity contribution in [2.75, 3.05) is 32.8 Å². The lowest BCUT2D eigenvalue weighted by Gasteiger charge is -2.46. The number of fused-ring (bicyclic) bond motifs is 1. The normalized spacial score (nSPS) is 30.0. The number of hydrogen-bond donors (Lipinski definition) is 16. The van der Waals surface area contributed by atoms with Crippen molar-refractivity contribution in [3.05, 3.63) is 88.4 Å². The predicted molar refractivity (Wildman–Crippen MR) is 277 cm³/mol. The Bertz CT molecular complexity index is 2920. The first kappa shape index (κ1) is 56.8. The zero-order valence-corrected chi connectivity index (χ0v) is 43.1. The van der Waals surface area contributed by atoms with Crippen molar-refractivity contribution in [1.29, 1.82) is 0 Å². The van der Waals surface area contributed by atoms with Gasteiger partial charge in [0.2, 0.25) is 41.3 Å². The maximum Gasteiger partial charge on any atom is 0.246 e. The summed E-state index contributed by atoms with van der Waals surface area (Å²) in [4.78, 5) is 100. The summed E-state index contributed by atoms with van der Waals surface area (Å²) in [6.07, 6.45) is -13.5. The fourth-order valence-electron chi connectivity index (χ4n) is 9.52. The van der Waals surface area contributed by atoms with Crippen LogP contribution < -0.4 is 48.7 Å². The standard InChI is InChI=1S/C49H60BrN13O15/c1-20(22-5-3-2-4-6-22)33-43(74)56-26(13-21-7-12-25-30(14-21)77-46(58-25)23-8-10-24(50)11-9-23)42(73)61-34(36(67)27-15-54-48(51)59-27)45(76)62-35(44(75)57-28(18-64)41(72)53-17-32(66)60-33)37(68)29-16-55-49(52)63(29)47-40(71)39(70)38(69)31(19-65)78-47/h2-12,14,20,26-29,31,33-40,47,64-65,67-71H,13,15-19H2,1H3,(H2,52,55)(H,53,72)(H,56,74)(H,57,75)(H,60,66)(H,61,73)(H,62,76)(H3,51,54,59)/t20-,26+,27-,28-,29-,31+,33-,34-,35+,36+,37-,38+,39-,40-,47-/m0/s1. The van der Waals surface area contributed by atoms with Gasteiger partial charge in [-0.25, -0.2) is 4.98 Å². The third-order valence-electron chi connectivity index (χ3n) is 13.9. The average molecular weight is 1150 g/mol. The molecule has 0 unspecified atom stereocenters. The number of nitrogens with two attached hydrogens (primary N) is 2. The van der Waals surface area contributed by atoms with Crippen LogP contribution in [0.5, 0.6) is 0 Å². The number of halogens is 1. The second-order valence-electron chi connectivity index (χ2n) is 19.1. The maximum atomic E-state index is 15.0. The van der Waals surface area contributed by atoms with Crippen LogP contribution in [0.4, 0.5) is 0 Å². The number of rotatable bonds is 12. The Morgan fingerprint density at radius 3 is 2.06 bits per heavy atom. The van der Waals surface area contributed by atoms with Crippen LogP contribution in [0.3, 0.4) is 0 Å². The summed E-state index contributed by atoms with van der Waals surface area (Å²) in [5.74, 6) is -7.91. The average Bonchev–Trinajstić information content (AvgIpc) is 4.23. The smallest absolute Gasteiger partial charge is 0.246 e. The van der Waals surface area contributed by atoms with Gasteiger partial charge in [0.1, 0.15) is 72.3 Å². The lowest BCUT2D eigenvalue weighted by molar-refractivity contribution is -0.260. The highest BCUT2D eigenvalue weighted by Crippen LogP contribution is 2.30. The molecule has 4 aliphatic rings. The van der Waals surface area contributed by atoms with Gasteiger partial charge in [-0.15, -0.1) is 0 Å². The van der Waals surface area contributed by atoms with Crippen LogP contribution >= 0.6 is 15.9 Å². The quantitative estimate of drug-likeness (QED) is 0.0628. The number of nitrogens with one attached hydrogen (secondary N) is 7. The molecule has 0 aliphatic carbocycles. The zero-order valence-electron chi connectivity index (χ0n) is 41.5. The van der Waals surface area contributed by atoms with E-state index < -0.39 is 159 Å². The number of amides is 6. The van der Waals surface area contributed by atoms with Crippen molar-refractivity contribution in [2.45, 2.75) is 104 Å². The number of nitrogens with zero attached hydrogens (tertiary/aromatic N) is 4. The number of oxazole rings is 1. The van der Waals surface area contributed by atoms with Gasteiger partial charge in [0.25, 0.3) is 0 Å². The third kappa shape index (κ3) is 12.5. The molecule has 4 aliphatic heterocycles. The van der Waals surface area contributed by atoms with E-state index in [1.807, 2.05) is 12.1 Å². The SMILES string of the molecule is C[C@@H](c1ccccc1)[C@@H]1NC(=O)CNC(=O)[C@H](CO)NC(=O)[C@@H]([C@@H](O)[C@@H]2CN=C(N)N2[C@H]2O[C@H](CO)[C@@H](O)[C@H](O)[C@@H]2O)NC(=O)[C@H]([C@H](O)[C@@H]2CN=C(N)N2)NC(=O)[C@@H](Cc2ccc3nc(-c4ccc(Br)cc4)oc3c2)NC1=O. The molecule has 18 N–H and O–H groups in total. The van der Waals surface area contributed by atoms with E-state index in [1.54, 1.807) is 67.6 Å². The number of guanidine groups is 2. The van der Waals surface area contributed by atoms with Crippen molar-refractivity contribution in [2.24, 2.45) is 21.5 Å². The van der Waals surface area contributed by atoms with Gasteiger partial charge in [-0.05, 0) is 47.5 Å². The lowest BCUT2D eigenvalue weighted by atomic mass is 9.92. The number of benzene rings is 3. The Kier molecular flexibility index (Phi) is 17.9. The zero-order chi connectivity index (χ0) is 56.1. The summed E-state index contributed by atoms with van der Waals surface area (Å²) in [5.41, 5.74) is 14.5. The molecule has 15 atom stereocenters. The molecule has 6 amide bonds. The van der Waals surface area contributed by atoms with Crippen LogP contribution in [0.25, 0.3) is 22.6 Å². The molecule has 0 bridgehead atoms. The molecular formula is C49H60BrN13O15. The van der Waals surface area contributed by atoms with Gasteiger partial charge >= 0.3 is 0 Å². The number of carbonyl (C=O) groups is 6. The van der Waals surface area contributed by atoms with E-state index in [1.165, 1.54) is 0 Å². The van der Waals surface area contributed by atoms with E-state index in [-0.39, 0.29) is 24.8 Å². The molecule has 29 heteroatoms. The number of ether oxygens (including phenoxy) is 1. The van der Waals surface area contributed by atoms with Crippen LogP contribution in [-0.4, -0.2) is 211 Å². The van der Waals surface area contributed by atoms with Gasteiger partial charge in [-0.3, -0.25) is 38.8 Å². The third-order valence-corrected chi connectivity index (χ3v) is 14.5. The highest BCUT2D eigenvalue weighted by Gasteiger charge is 2.52. The summed E-state index contributed by atoms with van der Waals surface area (Å²) in [6, 6.07) is 8.45. The fraction of sp³-hybridized carbons (Fsp3) is 0.449. The van der Waals surface area contributed by atoms with E-state index >= 15 is 4.79 Å². The first-order valence-electron chi connectivity index (χ1n) is 24.7. The number of aromatic nitrogens is 1. The number of hydrogen-bond acceptors (Lipinski definition) is 22. The first-order chi connectivity index (χ1) is 37.3. The molecule has 0 radical (unpaired) electrons.